The predicted octanol–water partition coefficient (Wildman–Crippen LogP) is 3.65. The number of unbranched alkanes of at least 4 members (excludes halogenated alkanes) is 5. The van der Waals surface area contributed by atoms with Gasteiger partial charge in [0.2, 0.25) is 0 Å². The van der Waals surface area contributed by atoms with Crippen LogP contribution in [0.3, 0.4) is 0 Å². The van der Waals surface area contributed by atoms with Crippen LogP contribution in [0.25, 0.3) is 0 Å². The summed E-state index contributed by atoms with van der Waals surface area (Å²) in [4.78, 5) is 39.4. The number of aromatic nitrogens is 1. The molecular formula is C21H32N2O7. The van der Waals surface area contributed by atoms with Crippen LogP contribution in [-0.4, -0.2) is 49.9 Å². The molecule has 0 radical (unpaired) electrons. The number of nitrogens with zero attached hydrogens (tertiary/aromatic N) is 1. The van der Waals surface area contributed by atoms with E-state index >= 15 is 0 Å². The Bertz CT molecular complexity index is 679. The zero-order chi connectivity index (χ0) is 22.2. The highest BCUT2D eigenvalue weighted by molar-refractivity contribution is 5.89. The summed E-state index contributed by atoms with van der Waals surface area (Å²) in [6.07, 6.45) is 7.26. The Morgan fingerprint density at radius 1 is 0.967 bits per heavy atom. The van der Waals surface area contributed by atoms with Gasteiger partial charge in [-0.1, -0.05) is 46.0 Å². The first-order valence-electron chi connectivity index (χ1n) is 10.3. The van der Waals surface area contributed by atoms with Crippen molar-refractivity contribution in [2.24, 2.45) is 0 Å². The Kier molecular flexibility index (Phi) is 12.6. The fraction of sp³-hybridized carbons (Fsp3) is 0.619. The number of methoxy groups -OCH3 is 1. The van der Waals surface area contributed by atoms with Crippen molar-refractivity contribution in [2.75, 3.05) is 26.9 Å². The van der Waals surface area contributed by atoms with Crippen LogP contribution >= 0.6 is 0 Å². The molecule has 168 valence electrons. The predicted molar refractivity (Wildman–Crippen MR) is 110 cm³/mol. The number of ether oxygens (including phenoxy) is 4. The topological polar surface area (TPSA) is 113 Å². The van der Waals surface area contributed by atoms with E-state index in [1.54, 1.807) is 0 Å². The van der Waals surface area contributed by atoms with Gasteiger partial charge in [-0.15, -0.1) is 0 Å². The van der Waals surface area contributed by atoms with Gasteiger partial charge in [-0.05, 0) is 12.8 Å². The largest absolute Gasteiger partial charge is 0.491 e. The number of rotatable bonds is 14. The van der Waals surface area contributed by atoms with Crippen molar-refractivity contribution in [3.05, 3.63) is 17.8 Å². The van der Waals surface area contributed by atoms with Gasteiger partial charge in [-0.3, -0.25) is 4.79 Å². The minimum atomic E-state index is -0.893. The Balaban J connectivity index is 2.49. The summed E-state index contributed by atoms with van der Waals surface area (Å²) in [7, 11) is 1.36. The number of carbonyl (C=O) groups is 3. The Hall–Kier alpha value is -2.84. The number of pyridine rings is 1. The van der Waals surface area contributed by atoms with Crippen LogP contribution in [0.4, 0.5) is 4.79 Å². The molecule has 1 aromatic heterocycles. The average Bonchev–Trinajstić information content (AvgIpc) is 2.75. The number of amides is 1. The van der Waals surface area contributed by atoms with E-state index in [1.165, 1.54) is 25.8 Å². The molecule has 0 aliphatic rings. The smallest absolute Gasteiger partial charge is 0.414 e. The maximum Gasteiger partial charge on any atom is 0.414 e. The molecule has 0 unspecified atom stereocenters. The summed E-state index contributed by atoms with van der Waals surface area (Å²) in [6, 6.07) is 1.38. The highest BCUT2D eigenvalue weighted by Crippen LogP contribution is 2.25. The molecule has 0 fully saturated rings. The highest BCUT2D eigenvalue weighted by Gasteiger charge is 2.17. The second kappa shape index (κ2) is 15.1. The summed E-state index contributed by atoms with van der Waals surface area (Å²) < 4.78 is 20.3. The third kappa shape index (κ3) is 10.1. The molecular weight excluding hydrogens is 392 g/mol. The molecule has 1 amide bonds. The van der Waals surface area contributed by atoms with Gasteiger partial charge < -0.3 is 24.3 Å². The molecule has 1 aromatic rings. The van der Waals surface area contributed by atoms with Crippen molar-refractivity contribution < 1.29 is 33.3 Å². The Morgan fingerprint density at radius 2 is 1.67 bits per heavy atom. The average molecular weight is 424 g/mol. The third-order valence-electron chi connectivity index (χ3n) is 4.08. The number of nitrogens with one attached hydrogen (secondary N) is 1. The molecule has 9 heteroatoms. The zero-order valence-electron chi connectivity index (χ0n) is 18.0. The summed E-state index contributed by atoms with van der Waals surface area (Å²) in [5.41, 5.74) is 0.188. The van der Waals surface area contributed by atoms with E-state index in [1.807, 2.05) is 6.92 Å². The van der Waals surface area contributed by atoms with Crippen LogP contribution in [0.15, 0.2) is 12.3 Å². The zero-order valence-corrected chi connectivity index (χ0v) is 18.0. The standard InChI is InChI=1S/C21H32N2O7/c1-4-6-8-9-10-12-29-20(25)16-13-17(27-3)19(22-14-16)30-21(26)23-15-18(24)28-11-7-5-2/h13-14H,4-12,15H2,1-3H3,(H,23,26). The molecule has 0 aromatic carbocycles. The fourth-order valence-corrected chi connectivity index (χ4v) is 2.37. The first kappa shape index (κ1) is 25.2. The normalized spacial score (nSPS) is 10.2. The van der Waals surface area contributed by atoms with Crippen LogP contribution in [0.2, 0.25) is 0 Å². The molecule has 30 heavy (non-hydrogen) atoms. The van der Waals surface area contributed by atoms with Crippen molar-refractivity contribution in [2.45, 2.75) is 58.8 Å². The maximum atomic E-state index is 12.1. The maximum absolute atomic E-state index is 12.1. The van der Waals surface area contributed by atoms with Gasteiger partial charge >= 0.3 is 18.0 Å². The minimum absolute atomic E-state index is 0.0908. The molecule has 0 saturated carbocycles. The molecule has 0 atom stereocenters. The molecule has 1 rings (SSSR count). The van der Waals surface area contributed by atoms with E-state index < -0.39 is 18.0 Å². The number of hydrogen-bond donors (Lipinski definition) is 1. The van der Waals surface area contributed by atoms with Crippen molar-refractivity contribution in [1.29, 1.82) is 0 Å². The van der Waals surface area contributed by atoms with Gasteiger partial charge in [0.15, 0.2) is 5.75 Å². The molecule has 1 N–H and O–H groups in total. The van der Waals surface area contributed by atoms with Crippen LogP contribution in [0.5, 0.6) is 11.6 Å². The first-order valence-corrected chi connectivity index (χ1v) is 10.3. The molecule has 0 spiro atoms. The summed E-state index contributed by atoms with van der Waals surface area (Å²) in [5, 5.41) is 2.27. The van der Waals surface area contributed by atoms with Gasteiger partial charge in [0, 0.05) is 12.3 Å². The van der Waals surface area contributed by atoms with Gasteiger partial charge in [-0.2, -0.15) is 0 Å². The lowest BCUT2D eigenvalue weighted by atomic mass is 10.2. The second-order valence-electron chi connectivity index (χ2n) is 6.60. The summed E-state index contributed by atoms with van der Waals surface area (Å²) in [5.74, 6) is -1.13. The number of esters is 2. The molecule has 1 heterocycles. The van der Waals surface area contributed by atoms with E-state index in [0.29, 0.717) is 13.2 Å². The molecule has 0 aliphatic carbocycles. The van der Waals surface area contributed by atoms with Gasteiger partial charge in [-0.25, -0.2) is 14.6 Å². The van der Waals surface area contributed by atoms with Crippen molar-refractivity contribution in [1.82, 2.24) is 10.3 Å². The molecule has 0 saturated heterocycles. The minimum Gasteiger partial charge on any atom is -0.491 e. The van der Waals surface area contributed by atoms with Gasteiger partial charge in [0.25, 0.3) is 5.88 Å². The van der Waals surface area contributed by atoms with Gasteiger partial charge in [0.1, 0.15) is 6.54 Å². The first-order chi connectivity index (χ1) is 14.5. The van der Waals surface area contributed by atoms with Crippen LogP contribution in [0.1, 0.15) is 69.2 Å². The third-order valence-corrected chi connectivity index (χ3v) is 4.08. The highest BCUT2D eigenvalue weighted by atomic mass is 16.6. The van der Waals surface area contributed by atoms with Crippen LogP contribution in [0, 0.1) is 0 Å². The monoisotopic (exact) mass is 424 g/mol. The van der Waals surface area contributed by atoms with Crippen LogP contribution in [-0.2, 0) is 14.3 Å². The number of hydrogen-bond acceptors (Lipinski definition) is 8. The lowest BCUT2D eigenvalue weighted by Gasteiger charge is -2.10. The van der Waals surface area contributed by atoms with Crippen molar-refractivity contribution >= 4 is 18.0 Å². The van der Waals surface area contributed by atoms with E-state index in [-0.39, 0.29) is 23.7 Å². The lowest BCUT2D eigenvalue weighted by molar-refractivity contribution is -0.142. The lowest BCUT2D eigenvalue weighted by Crippen LogP contribution is -2.33. The van der Waals surface area contributed by atoms with Crippen molar-refractivity contribution in [3.63, 3.8) is 0 Å². The number of carbonyl (C=O) groups excluding carboxylic acids is 3. The summed E-state index contributed by atoms with van der Waals surface area (Å²) >= 11 is 0. The van der Waals surface area contributed by atoms with E-state index in [4.69, 9.17) is 18.9 Å². The second-order valence-corrected chi connectivity index (χ2v) is 6.60. The van der Waals surface area contributed by atoms with Crippen LogP contribution < -0.4 is 14.8 Å². The Morgan fingerprint density at radius 3 is 2.37 bits per heavy atom. The SMILES string of the molecule is CCCCCCCOC(=O)c1cnc(OC(=O)NCC(=O)OCCCC)c(OC)c1. The summed E-state index contributed by atoms with van der Waals surface area (Å²) in [6.45, 7) is 4.43. The quantitative estimate of drug-likeness (QED) is 0.356. The molecule has 0 bridgehead atoms. The molecule has 9 nitrogen and oxygen atoms in total. The van der Waals surface area contributed by atoms with Crippen molar-refractivity contribution in [3.8, 4) is 11.6 Å². The fourth-order valence-electron chi connectivity index (χ4n) is 2.37. The molecule has 0 aliphatic heterocycles. The van der Waals surface area contributed by atoms with E-state index in [9.17, 15) is 14.4 Å². The van der Waals surface area contributed by atoms with E-state index in [0.717, 1.165) is 38.5 Å². The van der Waals surface area contributed by atoms with E-state index in [2.05, 4.69) is 17.2 Å². The Labute approximate surface area is 177 Å². The van der Waals surface area contributed by atoms with Gasteiger partial charge in [0.05, 0.1) is 25.9 Å².